The van der Waals surface area contributed by atoms with Gasteiger partial charge in [-0.1, -0.05) is 28.1 Å². The second kappa shape index (κ2) is 5.78. The molecule has 0 fully saturated rings. The van der Waals surface area contributed by atoms with Crippen LogP contribution in [0.15, 0.2) is 40.2 Å². The molecule has 0 aliphatic heterocycles. The van der Waals surface area contributed by atoms with Crippen LogP contribution in [0.4, 0.5) is 0 Å². The van der Waals surface area contributed by atoms with Gasteiger partial charge in [0, 0.05) is 9.35 Å². The molecule has 3 N–H and O–H groups in total. The molecule has 1 atom stereocenters. The van der Waals surface area contributed by atoms with E-state index in [1.54, 1.807) is 11.3 Å². The summed E-state index contributed by atoms with van der Waals surface area (Å²) in [6.45, 7) is 2.12. The van der Waals surface area contributed by atoms with Crippen LogP contribution in [-0.4, -0.2) is 0 Å². The summed E-state index contributed by atoms with van der Waals surface area (Å²) in [7, 11) is 0. The number of hydrogen-bond acceptors (Lipinski definition) is 3. The molecule has 0 saturated heterocycles. The van der Waals surface area contributed by atoms with Crippen molar-refractivity contribution in [3.05, 3.63) is 56.2 Å². The summed E-state index contributed by atoms with van der Waals surface area (Å²) in [5, 5.41) is 2.11. The standard InChI is InChI=1S/C13H15BrN2S/c1-9-6-7-17-13(9)12(16-15)8-10-2-4-11(14)5-3-10/h2-7,12,16H,8,15H2,1H3. The summed E-state index contributed by atoms with van der Waals surface area (Å²) in [6, 6.07) is 10.7. The van der Waals surface area contributed by atoms with Gasteiger partial charge in [0.25, 0.3) is 0 Å². The molecule has 90 valence electrons. The lowest BCUT2D eigenvalue weighted by molar-refractivity contribution is 0.558. The third-order valence-electron chi connectivity index (χ3n) is 2.77. The van der Waals surface area contributed by atoms with E-state index in [0.717, 1.165) is 10.9 Å². The van der Waals surface area contributed by atoms with Gasteiger partial charge < -0.3 is 0 Å². The first-order valence-electron chi connectivity index (χ1n) is 5.45. The molecule has 0 saturated carbocycles. The SMILES string of the molecule is Cc1ccsc1C(Cc1ccc(Br)cc1)NN. The van der Waals surface area contributed by atoms with Gasteiger partial charge in [-0.3, -0.25) is 11.3 Å². The zero-order valence-electron chi connectivity index (χ0n) is 9.61. The number of rotatable bonds is 4. The van der Waals surface area contributed by atoms with Gasteiger partial charge in [0.2, 0.25) is 0 Å². The first-order chi connectivity index (χ1) is 8.20. The second-order valence-electron chi connectivity index (χ2n) is 4.02. The lowest BCUT2D eigenvalue weighted by Crippen LogP contribution is -2.29. The zero-order chi connectivity index (χ0) is 12.3. The van der Waals surface area contributed by atoms with E-state index in [1.165, 1.54) is 16.0 Å². The molecule has 4 heteroatoms. The number of halogens is 1. The van der Waals surface area contributed by atoms with Crippen LogP contribution in [0.3, 0.4) is 0 Å². The number of thiophene rings is 1. The Morgan fingerprint density at radius 3 is 2.53 bits per heavy atom. The van der Waals surface area contributed by atoms with Crippen LogP contribution >= 0.6 is 27.3 Å². The third kappa shape index (κ3) is 3.16. The van der Waals surface area contributed by atoms with Crippen molar-refractivity contribution in [1.29, 1.82) is 0 Å². The van der Waals surface area contributed by atoms with Crippen LogP contribution in [0.1, 0.15) is 22.0 Å². The van der Waals surface area contributed by atoms with Crippen LogP contribution < -0.4 is 11.3 Å². The molecule has 0 spiro atoms. The topological polar surface area (TPSA) is 38.0 Å². The van der Waals surface area contributed by atoms with Crippen molar-refractivity contribution in [3.63, 3.8) is 0 Å². The van der Waals surface area contributed by atoms with Crippen molar-refractivity contribution in [1.82, 2.24) is 5.43 Å². The lowest BCUT2D eigenvalue weighted by atomic mass is 10.0. The highest BCUT2D eigenvalue weighted by molar-refractivity contribution is 9.10. The Balaban J connectivity index is 2.16. The molecule has 0 amide bonds. The first kappa shape index (κ1) is 12.8. The van der Waals surface area contributed by atoms with Crippen LogP contribution in [0.25, 0.3) is 0 Å². The summed E-state index contributed by atoms with van der Waals surface area (Å²) in [5.41, 5.74) is 5.49. The van der Waals surface area contributed by atoms with Crippen molar-refractivity contribution in [3.8, 4) is 0 Å². The molecule has 17 heavy (non-hydrogen) atoms. The fourth-order valence-electron chi connectivity index (χ4n) is 1.82. The summed E-state index contributed by atoms with van der Waals surface area (Å²) in [5.74, 6) is 5.66. The fraction of sp³-hybridized carbons (Fsp3) is 0.231. The smallest absolute Gasteiger partial charge is 0.0596 e. The summed E-state index contributed by atoms with van der Waals surface area (Å²) >= 11 is 5.19. The van der Waals surface area contributed by atoms with Gasteiger partial charge in [-0.05, 0) is 48.1 Å². The van der Waals surface area contributed by atoms with E-state index in [0.29, 0.717) is 0 Å². The highest BCUT2D eigenvalue weighted by Crippen LogP contribution is 2.26. The monoisotopic (exact) mass is 310 g/mol. The van der Waals surface area contributed by atoms with E-state index in [9.17, 15) is 0 Å². The van der Waals surface area contributed by atoms with Gasteiger partial charge >= 0.3 is 0 Å². The number of nitrogens with one attached hydrogen (secondary N) is 1. The Labute approximate surface area is 114 Å². The van der Waals surface area contributed by atoms with E-state index >= 15 is 0 Å². The molecule has 0 radical (unpaired) electrons. The number of nitrogens with two attached hydrogens (primary N) is 1. The Morgan fingerprint density at radius 1 is 1.29 bits per heavy atom. The lowest BCUT2D eigenvalue weighted by Gasteiger charge is -2.15. The quantitative estimate of drug-likeness (QED) is 0.669. The van der Waals surface area contributed by atoms with Gasteiger partial charge in [-0.25, -0.2) is 0 Å². The van der Waals surface area contributed by atoms with Gasteiger partial charge in [0.05, 0.1) is 6.04 Å². The highest BCUT2D eigenvalue weighted by atomic mass is 79.9. The predicted octanol–water partition coefficient (Wildman–Crippen LogP) is 3.57. The minimum Gasteiger partial charge on any atom is -0.271 e. The minimum atomic E-state index is 0.191. The van der Waals surface area contributed by atoms with Gasteiger partial charge in [0.15, 0.2) is 0 Å². The number of hydrogen-bond donors (Lipinski definition) is 2. The maximum absolute atomic E-state index is 5.66. The van der Waals surface area contributed by atoms with Gasteiger partial charge in [-0.15, -0.1) is 11.3 Å². The van der Waals surface area contributed by atoms with Gasteiger partial charge in [0.1, 0.15) is 0 Å². The maximum Gasteiger partial charge on any atom is 0.0596 e. The molecule has 2 aromatic rings. The van der Waals surface area contributed by atoms with Gasteiger partial charge in [-0.2, -0.15) is 0 Å². The van der Waals surface area contributed by atoms with Crippen molar-refractivity contribution in [2.24, 2.45) is 5.84 Å². The Bertz CT molecular complexity index is 478. The third-order valence-corrected chi connectivity index (χ3v) is 4.43. The molecule has 1 heterocycles. The number of benzene rings is 1. The molecule has 0 aliphatic rings. The van der Waals surface area contributed by atoms with E-state index in [1.807, 2.05) is 0 Å². The summed E-state index contributed by atoms with van der Waals surface area (Å²) < 4.78 is 1.10. The van der Waals surface area contributed by atoms with Crippen molar-refractivity contribution >= 4 is 27.3 Å². The first-order valence-corrected chi connectivity index (χ1v) is 7.12. The molecular formula is C13H15BrN2S. The van der Waals surface area contributed by atoms with Crippen molar-refractivity contribution in [2.75, 3.05) is 0 Å². The zero-order valence-corrected chi connectivity index (χ0v) is 12.0. The normalized spacial score (nSPS) is 12.6. The van der Waals surface area contributed by atoms with Crippen molar-refractivity contribution < 1.29 is 0 Å². The summed E-state index contributed by atoms with van der Waals surface area (Å²) in [4.78, 5) is 1.32. The van der Waals surface area contributed by atoms with Crippen LogP contribution in [0.5, 0.6) is 0 Å². The van der Waals surface area contributed by atoms with E-state index in [-0.39, 0.29) is 6.04 Å². The summed E-state index contributed by atoms with van der Waals surface area (Å²) in [6.07, 6.45) is 0.908. The van der Waals surface area contributed by atoms with E-state index < -0.39 is 0 Å². The van der Waals surface area contributed by atoms with Crippen LogP contribution in [-0.2, 0) is 6.42 Å². The Hall–Kier alpha value is -0.680. The molecule has 2 nitrogen and oxygen atoms in total. The average Bonchev–Trinajstić information content (AvgIpc) is 2.75. The van der Waals surface area contributed by atoms with Crippen LogP contribution in [0, 0.1) is 6.92 Å². The van der Waals surface area contributed by atoms with E-state index in [4.69, 9.17) is 5.84 Å². The van der Waals surface area contributed by atoms with Crippen LogP contribution in [0.2, 0.25) is 0 Å². The molecule has 1 unspecified atom stereocenters. The Kier molecular flexibility index (Phi) is 4.34. The van der Waals surface area contributed by atoms with Crippen molar-refractivity contribution in [2.45, 2.75) is 19.4 Å². The molecule has 1 aromatic heterocycles. The molecule has 2 rings (SSSR count). The fourth-order valence-corrected chi connectivity index (χ4v) is 3.08. The highest BCUT2D eigenvalue weighted by Gasteiger charge is 2.14. The number of hydrazine groups is 1. The minimum absolute atomic E-state index is 0.191. The average molecular weight is 311 g/mol. The number of aryl methyl sites for hydroxylation is 1. The second-order valence-corrected chi connectivity index (χ2v) is 5.88. The largest absolute Gasteiger partial charge is 0.271 e. The molecule has 1 aromatic carbocycles. The Morgan fingerprint density at radius 2 is 2.00 bits per heavy atom. The predicted molar refractivity (Wildman–Crippen MR) is 77.0 cm³/mol. The molecule has 0 bridgehead atoms. The van der Waals surface area contributed by atoms with E-state index in [2.05, 4.69) is 64.0 Å². The maximum atomic E-state index is 5.66. The molecule has 0 aliphatic carbocycles. The molecular weight excluding hydrogens is 296 g/mol.